The molecule has 2 unspecified atom stereocenters. The van der Waals surface area contributed by atoms with Gasteiger partial charge >= 0.3 is 0 Å². The Kier molecular flexibility index (Phi) is 3.88. The average Bonchev–Trinajstić information content (AvgIpc) is 2.34. The number of ether oxygens (including phenoxy) is 1. The van der Waals surface area contributed by atoms with Crippen molar-refractivity contribution in [1.82, 2.24) is 10.4 Å². The van der Waals surface area contributed by atoms with Crippen LogP contribution >= 0.6 is 0 Å². The van der Waals surface area contributed by atoms with E-state index in [1.165, 1.54) is 11.1 Å². The molecule has 4 heteroatoms. The van der Waals surface area contributed by atoms with E-state index < -0.39 is 0 Å². The summed E-state index contributed by atoms with van der Waals surface area (Å²) in [5.41, 5.74) is 5.33. The molecule has 2 atom stereocenters. The molecule has 0 saturated carbocycles. The smallest absolute Gasteiger partial charge is 0.0513 e. The maximum absolute atomic E-state index is 5.68. The van der Waals surface area contributed by atoms with Crippen molar-refractivity contribution in [1.29, 1.82) is 0 Å². The first kappa shape index (κ1) is 11.5. The summed E-state index contributed by atoms with van der Waals surface area (Å²) in [5.74, 6) is 6.14. The minimum atomic E-state index is 0.170. The maximum Gasteiger partial charge on any atom is 0.0513 e. The van der Waals surface area contributed by atoms with Gasteiger partial charge in [0.1, 0.15) is 0 Å². The van der Waals surface area contributed by atoms with E-state index in [1.807, 2.05) is 18.5 Å². The second kappa shape index (κ2) is 5.39. The van der Waals surface area contributed by atoms with E-state index in [9.17, 15) is 0 Å². The number of nitrogens with zero attached hydrogens (tertiary/aromatic N) is 1. The van der Waals surface area contributed by atoms with E-state index >= 15 is 0 Å². The van der Waals surface area contributed by atoms with Gasteiger partial charge in [-0.25, -0.2) is 0 Å². The molecule has 1 aliphatic rings. The summed E-state index contributed by atoms with van der Waals surface area (Å²) < 4.78 is 5.52. The summed E-state index contributed by atoms with van der Waals surface area (Å²) in [4.78, 5) is 4.11. The molecule has 88 valence electrons. The van der Waals surface area contributed by atoms with E-state index in [0.29, 0.717) is 5.92 Å². The van der Waals surface area contributed by atoms with Crippen molar-refractivity contribution in [2.45, 2.75) is 25.8 Å². The van der Waals surface area contributed by atoms with Crippen molar-refractivity contribution in [3.8, 4) is 0 Å². The number of hydrazine groups is 1. The van der Waals surface area contributed by atoms with Gasteiger partial charge < -0.3 is 4.74 Å². The molecule has 1 saturated heterocycles. The summed E-state index contributed by atoms with van der Waals surface area (Å²) in [6, 6.07) is 2.21. The highest BCUT2D eigenvalue weighted by Gasteiger charge is 2.25. The second-order valence-corrected chi connectivity index (χ2v) is 4.35. The third-order valence-electron chi connectivity index (χ3n) is 3.25. The van der Waals surface area contributed by atoms with E-state index in [1.54, 1.807) is 0 Å². The predicted molar refractivity (Wildman–Crippen MR) is 62.6 cm³/mol. The van der Waals surface area contributed by atoms with Crippen LogP contribution in [-0.4, -0.2) is 18.2 Å². The zero-order valence-corrected chi connectivity index (χ0v) is 9.65. The number of nitrogens with one attached hydrogen (secondary N) is 1. The molecule has 1 fully saturated rings. The van der Waals surface area contributed by atoms with Crippen LogP contribution < -0.4 is 11.3 Å². The second-order valence-electron chi connectivity index (χ2n) is 4.35. The van der Waals surface area contributed by atoms with Crippen molar-refractivity contribution < 1.29 is 4.74 Å². The lowest BCUT2D eigenvalue weighted by Crippen LogP contribution is -2.37. The minimum absolute atomic E-state index is 0.170. The molecule has 1 aromatic rings. The molecular formula is C12H19N3O. The lowest BCUT2D eigenvalue weighted by molar-refractivity contribution is 0.0389. The molecule has 1 aromatic heterocycles. The average molecular weight is 221 g/mol. The number of nitrogens with two attached hydrogens (primary N) is 1. The van der Waals surface area contributed by atoms with Gasteiger partial charge in [0.25, 0.3) is 0 Å². The normalized spacial score (nSPS) is 23.0. The van der Waals surface area contributed by atoms with Gasteiger partial charge in [0.2, 0.25) is 0 Å². The van der Waals surface area contributed by atoms with Crippen molar-refractivity contribution >= 4 is 0 Å². The van der Waals surface area contributed by atoms with Crippen LogP contribution in [0.3, 0.4) is 0 Å². The summed E-state index contributed by atoms with van der Waals surface area (Å²) >= 11 is 0. The van der Waals surface area contributed by atoms with Crippen LogP contribution in [0.25, 0.3) is 0 Å². The maximum atomic E-state index is 5.68. The Morgan fingerprint density at radius 2 is 2.50 bits per heavy atom. The highest BCUT2D eigenvalue weighted by atomic mass is 16.5. The number of hydrogen-bond acceptors (Lipinski definition) is 4. The van der Waals surface area contributed by atoms with E-state index in [0.717, 1.165) is 26.1 Å². The Morgan fingerprint density at radius 1 is 1.62 bits per heavy atom. The van der Waals surface area contributed by atoms with E-state index in [2.05, 4.69) is 17.3 Å². The van der Waals surface area contributed by atoms with Crippen LogP contribution in [-0.2, 0) is 4.74 Å². The van der Waals surface area contributed by atoms with Crippen LogP contribution in [0.15, 0.2) is 18.5 Å². The Balaban J connectivity index is 2.18. The molecule has 16 heavy (non-hydrogen) atoms. The summed E-state index contributed by atoms with van der Waals surface area (Å²) in [6.45, 7) is 3.73. The van der Waals surface area contributed by atoms with Gasteiger partial charge in [0, 0.05) is 24.9 Å². The fourth-order valence-electron chi connectivity index (χ4n) is 2.34. The van der Waals surface area contributed by atoms with Crippen LogP contribution in [0.1, 0.15) is 30.0 Å². The van der Waals surface area contributed by atoms with E-state index in [-0.39, 0.29) is 6.04 Å². The third kappa shape index (κ3) is 2.40. The first-order chi connectivity index (χ1) is 7.83. The van der Waals surface area contributed by atoms with Crippen LogP contribution in [0.5, 0.6) is 0 Å². The molecule has 0 aromatic carbocycles. The molecule has 0 radical (unpaired) electrons. The highest BCUT2D eigenvalue weighted by molar-refractivity contribution is 5.26. The summed E-state index contributed by atoms with van der Waals surface area (Å²) in [6.07, 6.45) is 5.98. The third-order valence-corrected chi connectivity index (χ3v) is 3.25. The molecule has 0 spiro atoms. The predicted octanol–water partition coefficient (Wildman–Crippen LogP) is 1.32. The van der Waals surface area contributed by atoms with Crippen molar-refractivity contribution in [3.05, 3.63) is 29.6 Å². The van der Waals surface area contributed by atoms with Crippen LogP contribution in [0.4, 0.5) is 0 Å². The quantitative estimate of drug-likeness (QED) is 0.597. The lowest BCUT2D eigenvalue weighted by atomic mass is 9.88. The topological polar surface area (TPSA) is 60.2 Å². The standard InChI is InChI=1S/C12H19N3O/c1-9-7-14-5-4-11(9)12(15-13)10-3-2-6-16-8-10/h4-5,7,10,12,15H,2-3,6,8,13H2,1H3. The zero-order valence-electron chi connectivity index (χ0n) is 9.65. The Morgan fingerprint density at radius 3 is 3.12 bits per heavy atom. The van der Waals surface area contributed by atoms with Crippen molar-refractivity contribution in [3.63, 3.8) is 0 Å². The largest absolute Gasteiger partial charge is 0.381 e. The number of aryl methyl sites for hydroxylation is 1. The molecule has 1 aliphatic heterocycles. The Labute approximate surface area is 96.2 Å². The Bertz CT molecular complexity index is 337. The lowest BCUT2D eigenvalue weighted by Gasteiger charge is -2.30. The molecular weight excluding hydrogens is 202 g/mol. The summed E-state index contributed by atoms with van der Waals surface area (Å²) in [5, 5.41) is 0. The van der Waals surface area contributed by atoms with Crippen molar-refractivity contribution in [2.75, 3.05) is 13.2 Å². The molecule has 3 N–H and O–H groups in total. The van der Waals surface area contributed by atoms with Gasteiger partial charge in [-0.15, -0.1) is 0 Å². The van der Waals surface area contributed by atoms with Gasteiger partial charge in [-0.3, -0.25) is 16.3 Å². The molecule has 2 heterocycles. The van der Waals surface area contributed by atoms with Gasteiger partial charge in [0.15, 0.2) is 0 Å². The zero-order chi connectivity index (χ0) is 11.4. The van der Waals surface area contributed by atoms with Crippen LogP contribution in [0, 0.1) is 12.8 Å². The molecule has 2 rings (SSSR count). The number of pyridine rings is 1. The number of hydrogen-bond donors (Lipinski definition) is 2. The van der Waals surface area contributed by atoms with E-state index in [4.69, 9.17) is 10.6 Å². The number of aromatic nitrogens is 1. The number of rotatable bonds is 3. The first-order valence-electron chi connectivity index (χ1n) is 5.77. The Hall–Kier alpha value is -0.970. The monoisotopic (exact) mass is 221 g/mol. The van der Waals surface area contributed by atoms with Crippen molar-refractivity contribution in [2.24, 2.45) is 11.8 Å². The van der Waals surface area contributed by atoms with Gasteiger partial charge in [-0.2, -0.15) is 0 Å². The molecule has 0 amide bonds. The minimum Gasteiger partial charge on any atom is -0.381 e. The molecule has 0 bridgehead atoms. The SMILES string of the molecule is Cc1cnccc1C(NN)C1CCCOC1. The van der Waals surface area contributed by atoms with Gasteiger partial charge in [-0.05, 0) is 37.0 Å². The van der Waals surface area contributed by atoms with Gasteiger partial charge in [0.05, 0.1) is 12.6 Å². The van der Waals surface area contributed by atoms with Crippen LogP contribution in [0.2, 0.25) is 0 Å². The highest BCUT2D eigenvalue weighted by Crippen LogP contribution is 2.29. The van der Waals surface area contributed by atoms with Gasteiger partial charge in [-0.1, -0.05) is 0 Å². The fourth-order valence-corrected chi connectivity index (χ4v) is 2.34. The first-order valence-corrected chi connectivity index (χ1v) is 5.77. The molecule has 4 nitrogen and oxygen atoms in total. The summed E-state index contributed by atoms with van der Waals surface area (Å²) in [7, 11) is 0. The fraction of sp³-hybridized carbons (Fsp3) is 0.583. The molecule has 0 aliphatic carbocycles.